The minimum Gasteiger partial charge on any atom is -0.396 e. The van der Waals surface area contributed by atoms with Crippen LogP contribution in [0.1, 0.15) is 26.2 Å². The van der Waals surface area contributed by atoms with E-state index in [0.29, 0.717) is 6.54 Å². The lowest BCUT2D eigenvalue weighted by molar-refractivity contribution is 0.0739. The Morgan fingerprint density at radius 1 is 1.28 bits per heavy atom. The Balaban J connectivity index is 1.54. The molecule has 1 saturated heterocycles. The number of urea groups is 1. The molecule has 2 fully saturated rings. The van der Waals surface area contributed by atoms with E-state index in [4.69, 9.17) is 0 Å². The van der Waals surface area contributed by atoms with Gasteiger partial charge >= 0.3 is 6.03 Å². The second-order valence-electron chi connectivity index (χ2n) is 6.94. The first-order valence-corrected chi connectivity index (χ1v) is 10.3. The van der Waals surface area contributed by atoms with Crippen molar-refractivity contribution in [2.45, 2.75) is 37.1 Å². The molecule has 6 heteroatoms. The van der Waals surface area contributed by atoms with E-state index in [9.17, 15) is 9.90 Å². The summed E-state index contributed by atoms with van der Waals surface area (Å²) in [7, 11) is 0. The van der Waals surface area contributed by atoms with Gasteiger partial charge in [-0.25, -0.2) is 4.79 Å². The number of piperazine rings is 1. The van der Waals surface area contributed by atoms with Crippen LogP contribution in [0.15, 0.2) is 29.2 Å². The Labute approximate surface area is 154 Å². The highest BCUT2D eigenvalue weighted by Crippen LogP contribution is 2.31. The van der Waals surface area contributed by atoms with Crippen molar-refractivity contribution in [3.05, 3.63) is 24.3 Å². The maximum atomic E-state index is 12.6. The molecule has 0 unspecified atom stereocenters. The molecule has 5 nitrogen and oxygen atoms in total. The number of nitrogens with one attached hydrogen (secondary N) is 1. The highest BCUT2D eigenvalue weighted by molar-refractivity contribution is 7.99. The number of benzene rings is 1. The zero-order valence-electron chi connectivity index (χ0n) is 15.0. The first-order valence-electron chi connectivity index (χ1n) is 9.33. The third-order valence-electron chi connectivity index (χ3n) is 4.96. The normalized spacial score (nSPS) is 21.4. The molecule has 25 heavy (non-hydrogen) atoms. The molecule has 2 N–H and O–H groups in total. The van der Waals surface area contributed by atoms with Gasteiger partial charge in [0.2, 0.25) is 0 Å². The molecule has 2 amide bonds. The Morgan fingerprint density at radius 3 is 2.68 bits per heavy atom. The predicted octanol–water partition coefficient (Wildman–Crippen LogP) is 3.11. The van der Waals surface area contributed by atoms with E-state index in [-0.39, 0.29) is 18.7 Å². The molecule has 1 aliphatic carbocycles. The number of thioether (sulfide) groups is 1. The van der Waals surface area contributed by atoms with Gasteiger partial charge in [-0.1, -0.05) is 6.92 Å². The first-order chi connectivity index (χ1) is 12.2. The summed E-state index contributed by atoms with van der Waals surface area (Å²) >= 11 is 1.79. The van der Waals surface area contributed by atoms with Crippen LogP contribution in [0.4, 0.5) is 10.5 Å². The molecule has 2 aliphatic rings. The third-order valence-corrected chi connectivity index (χ3v) is 5.85. The lowest BCUT2D eigenvalue weighted by Crippen LogP contribution is -2.56. The predicted molar refractivity (Wildman–Crippen MR) is 103 cm³/mol. The van der Waals surface area contributed by atoms with Crippen LogP contribution in [0.5, 0.6) is 0 Å². The van der Waals surface area contributed by atoms with Crippen LogP contribution in [0.2, 0.25) is 0 Å². The van der Waals surface area contributed by atoms with Crippen LogP contribution < -0.4 is 5.32 Å². The molecule has 138 valence electrons. The number of anilines is 1. The number of hydrogen-bond donors (Lipinski definition) is 2. The Bertz CT molecular complexity index is 562. The summed E-state index contributed by atoms with van der Waals surface area (Å²) < 4.78 is 0. The average molecular weight is 364 g/mol. The second-order valence-corrected chi connectivity index (χ2v) is 8.28. The van der Waals surface area contributed by atoms with Gasteiger partial charge in [0.1, 0.15) is 0 Å². The maximum Gasteiger partial charge on any atom is 0.321 e. The quantitative estimate of drug-likeness (QED) is 0.731. The Hall–Kier alpha value is -1.24. The summed E-state index contributed by atoms with van der Waals surface area (Å²) in [6.07, 6.45) is 3.40. The van der Waals surface area contributed by atoms with Crippen LogP contribution in [0.25, 0.3) is 0 Å². The summed E-state index contributed by atoms with van der Waals surface area (Å²) in [4.78, 5) is 18.2. The summed E-state index contributed by atoms with van der Waals surface area (Å²) in [6.45, 7) is 5.79. The molecular weight excluding hydrogens is 334 g/mol. The fourth-order valence-electron chi connectivity index (χ4n) is 3.38. The minimum absolute atomic E-state index is 0.0371. The number of amides is 2. The summed E-state index contributed by atoms with van der Waals surface area (Å²) in [6, 6.07) is 8.26. The van der Waals surface area contributed by atoms with Gasteiger partial charge in [-0.05, 0) is 55.2 Å². The van der Waals surface area contributed by atoms with Gasteiger partial charge in [0.25, 0.3) is 0 Å². The zero-order chi connectivity index (χ0) is 17.6. The number of hydrogen-bond acceptors (Lipinski definition) is 4. The van der Waals surface area contributed by atoms with Crippen molar-refractivity contribution >= 4 is 23.5 Å². The number of nitrogens with zero attached hydrogens (tertiary/aromatic N) is 2. The number of aliphatic hydroxyl groups is 1. The van der Waals surface area contributed by atoms with Gasteiger partial charge in [-0.2, -0.15) is 0 Å². The van der Waals surface area contributed by atoms with Crippen molar-refractivity contribution in [2.24, 2.45) is 5.92 Å². The third kappa shape index (κ3) is 5.36. The molecule has 0 aromatic heterocycles. The number of carbonyl (C=O) groups excluding carboxylic acids is 1. The molecule has 0 radical (unpaired) electrons. The van der Waals surface area contributed by atoms with Gasteiger partial charge in [-0.15, -0.1) is 11.8 Å². The maximum absolute atomic E-state index is 12.6. The van der Waals surface area contributed by atoms with Crippen LogP contribution in [-0.2, 0) is 0 Å². The average Bonchev–Trinajstić information content (AvgIpc) is 3.43. The van der Waals surface area contributed by atoms with E-state index in [1.165, 1.54) is 17.7 Å². The van der Waals surface area contributed by atoms with Gasteiger partial charge < -0.3 is 15.3 Å². The van der Waals surface area contributed by atoms with Gasteiger partial charge in [0.15, 0.2) is 0 Å². The lowest BCUT2D eigenvalue weighted by Gasteiger charge is -2.41. The van der Waals surface area contributed by atoms with Crippen LogP contribution >= 0.6 is 11.8 Å². The number of rotatable bonds is 7. The highest BCUT2D eigenvalue weighted by Gasteiger charge is 2.33. The standard InChI is InChI=1S/C19H29N3O2S/c1-2-25-18-7-5-16(6-8-18)20-19(24)22-11-10-21(13-15-3-4-15)17(14-22)9-12-23/h5-8,15,17,23H,2-4,9-14H2,1H3,(H,20,24)/t17-/m0/s1. The Morgan fingerprint density at radius 2 is 2.04 bits per heavy atom. The van der Waals surface area contributed by atoms with Crippen LogP contribution in [0, 0.1) is 5.92 Å². The van der Waals surface area contributed by atoms with Crippen molar-refractivity contribution < 1.29 is 9.90 Å². The van der Waals surface area contributed by atoms with Gasteiger partial charge in [0, 0.05) is 49.4 Å². The van der Waals surface area contributed by atoms with Crippen molar-refractivity contribution in [1.29, 1.82) is 0 Å². The Kier molecular flexibility index (Phi) is 6.62. The minimum atomic E-state index is -0.0371. The van der Waals surface area contributed by atoms with E-state index in [1.807, 2.05) is 29.2 Å². The number of aliphatic hydroxyl groups excluding tert-OH is 1. The van der Waals surface area contributed by atoms with Crippen molar-refractivity contribution in [1.82, 2.24) is 9.80 Å². The number of carbonyl (C=O) groups is 1. The second kappa shape index (κ2) is 8.92. The fraction of sp³-hybridized carbons (Fsp3) is 0.632. The van der Waals surface area contributed by atoms with Crippen LogP contribution in [0.3, 0.4) is 0 Å². The van der Waals surface area contributed by atoms with Crippen LogP contribution in [-0.4, -0.2) is 65.5 Å². The van der Waals surface area contributed by atoms with E-state index in [1.54, 1.807) is 11.8 Å². The SMILES string of the molecule is CCSc1ccc(NC(=O)N2CCN(CC3CC3)[C@@H](CCO)C2)cc1. The van der Waals surface area contributed by atoms with Gasteiger partial charge in [0.05, 0.1) is 0 Å². The van der Waals surface area contributed by atoms with E-state index in [2.05, 4.69) is 17.1 Å². The van der Waals surface area contributed by atoms with Crippen molar-refractivity contribution in [3.8, 4) is 0 Å². The molecule has 1 aliphatic heterocycles. The molecule has 1 aromatic carbocycles. The summed E-state index contributed by atoms with van der Waals surface area (Å²) in [5, 5.41) is 12.4. The molecule has 0 spiro atoms. The molecule has 1 heterocycles. The van der Waals surface area contributed by atoms with E-state index in [0.717, 1.165) is 43.4 Å². The van der Waals surface area contributed by atoms with Crippen molar-refractivity contribution in [3.63, 3.8) is 0 Å². The molecule has 1 atom stereocenters. The molecule has 1 aromatic rings. The largest absolute Gasteiger partial charge is 0.396 e. The molecule has 1 saturated carbocycles. The lowest BCUT2D eigenvalue weighted by atomic mass is 10.1. The van der Waals surface area contributed by atoms with E-state index >= 15 is 0 Å². The highest BCUT2D eigenvalue weighted by atomic mass is 32.2. The molecule has 0 bridgehead atoms. The summed E-state index contributed by atoms with van der Waals surface area (Å²) in [5.41, 5.74) is 0.838. The van der Waals surface area contributed by atoms with Gasteiger partial charge in [-0.3, -0.25) is 4.90 Å². The first kappa shape index (κ1) is 18.5. The zero-order valence-corrected chi connectivity index (χ0v) is 15.8. The fourth-order valence-corrected chi connectivity index (χ4v) is 4.04. The molecular formula is C19H29N3O2S. The smallest absolute Gasteiger partial charge is 0.321 e. The molecule has 3 rings (SSSR count). The monoisotopic (exact) mass is 363 g/mol. The topological polar surface area (TPSA) is 55.8 Å². The van der Waals surface area contributed by atoms with Crippen molar-refractivity contribution in [2.75, 3.05) is 43.9 Å². The van der Waals surface area contributed by atoms with E-state index < -0.39 is 0 Å². The summed E-state index contributed by atoms with van der Waals surface area (Å²) in [5.74, 6) is 1.88.